The Morgan fingerprint density at radius 1 is 1.17 bits per heavy atom. The molecule has 1 heterocycles. The monoisotopic (exact) mass is 254 g/mol. The summed E-state index contributed by atoms with van der Waals surface area (Å²) in [6.07, 6.45) is 2.24. The summed E-state index contributed by atoms with van der Waals surface area (Å²) >= 11 is 0. The summed E-state index contributed by atoms with van der Waals surface area (Å²) in [5, 5.41) is 8.93. The van der Waals surface area contributed by atoms with Gasteiger partial charge in [-0.05, 0) is 52.3 Å². The Morgan fingerprint density at radius 2 is 1.61 bits per heavy atom. The van der Waals surface area contributed by atoms with Crippen molar-refractivity contribution in [3.05, 3.63) is 0 Å². The zero-order valence-electron chi connectivity index (χ0n) is 11.9. The van der Waals surface area contributed by atoms with E-state index in [1.165, 1.54) is 0 Å². The van der Waals surface area contributed by atoms with Crippen molar-refractivity contribution < 1.29 is 19.2 Å². The molecule has 1 aliphatic heterocycles. The average molecular weight is 254 g/mol. The maximum absolute atomic E-state index is 10.9. The molecule has 1 saturated carbocycles. The first-order valence-electron chi connectivity index (χ1n) is 6.63. The molecule has 18 heavy (non-hydrogen) atoms. The molecule has 0 spiro atoms. The molecule has 1 aliphatic carbocycles. The molecule has 0 radical (unpaired) electrons. The molecule has 0 atom stereocenters. The van der Waals surface area contributed by atoms with Crippen LogP contribution in [0.2, 0.25) is 6.32 Å². The van der Waals surface area contributed by atoms with E-state index in [1.807, 2.05) is 27.7 Å². The van der Waals surface area contributed by atoms with Crippen LogP contribution in [0.15, 0.2) is 0 Å². The molecule has 0 unspecified atom stereocenters. The molecule has 2 fully saturated rings. The summed E-state index contributed by atoms with van der Waals surface area (Å²) in [4.78, 5) is 10.9. The number of aliphatic carboxylic acids is 1. The van der Waals surface area contributed by atoms with Crippen molar-refractivity contribution in [2.75, 3.05) is 0 Å². The molecule has 0 aromatic carbocycles. The molecule has 1 saturated heterocycles. The Labute approximate surface area is 109 Å². The summed E-state index contributed by atoms with van der Waals surface area (Å²) < 4.78 is 11.9. The number of carbonyl (C=O) groups is 1. The van der Waals surface area contributed by atoms with Crippen molar-refractivity contribution in [2.24, 2.45) is 11.3 Å². The number of carboxylic acid groups (broad SMARTS) is 1. The highest BCUT2D eigenvalue weighted by atomic mass is 16.7. The first-order chi connectivity index (χ1) is 8.05. The Hall–Kier alpha value is -0.545. The molecule has 2 rings (SSSR count). The normalized spacial score (nSPS) is 37.4. The topological polar surface area (TPSA) is 55.8 Å². The first-order valence-corrected chi connectivity index (χ1v) is 6.63. The van der Waals surface area contributed by atoms with Gasteiger partial charge in [-0.25, -0.2) is 0 Å². The molecule has 0 bridgehead atoms. The fraction of sp³-hybridized carbons (Fsp3) is 0.923. The van der Waals surface area contributed by atoms with E-state index in [-0.39, 0.29) is 29.7 Å². The predicted molar refractivity (Wildman–Crippen MR) is 69.4 cm³/mol. The lowest BCUT2D eigenvalue weighted by atomic mass is 9.54. The lowest BCUT2D eigenvalue weighted by Crippen LogP contribution is -2.42. The Bertz CT molecular complexity index is 342. The van der Waals surface area contributed by atoms with Crippen LogP contribution in [0.4, 0.5) is 0 Å². The van der Waals surface area contributed by atoms with Gasteiger partial charge < -0.3 is 14.4 Å². The molecular weight excluding hydrogens is 231 g/mol. The maximum Gasteiger partial charge on any atom is 0.458 e. The standard InChI is InChI=1S/C13H23BO4/c1-11(2)12(3,4)18-14(17-11)8-13(5)6-9(7-13)10(15)16/h9H,6-8H2,1-5H3,(H,15,16). The SMILES string of the molecule is CC1(CB2OC(C)(C)C(C)(C)O2)CC(C(=O)O)C1. The Morgan fingerprint density at radius 3 is 2.00 bits per heavy atom. The van der Waals surface area contributed by atoms with Gasteiger partial charge in [0, 0.05) is 0 Å². The van der Waals surface area contributed by atoms with Crippen LogP contribution in [0.25, 0.3) is 0 Å². The lowest BCUT2D eigenvalue weighted by Gasteiger charge is -2.43. The molecule has 102 valence electrons. The van der Waals surface area contributed by atoms with Crippen LogP contribution in [0.3, 0.4) is 0 Å². The average Bonchev–Trinajstić information content (AvgIpc) is 2.30. The summed E-state index contributed by atoms with van der Waals surface area (Å²) in [5.74, 6) is -0.862. The minimum absolute atomic E-state index is 0.0459. The second kappa shape index (κ2) is 3.97. The summed E-state index contributed by atoms with van der Waals surface area (Å²) in [7, 11) is -0.213. The second-order valence-corrected chi connectivity index (χ2v) is 7.14. The van der Waals surface area contributed by atoms with E-state index >= 15 is 0 Å². The zero-order chi connectivity index (χ0) is 13.8. The Balaban J connectivity index is 1.92. The lowest BCUT2D eigenvalue weighted by molar-refractivity contribution is -0.149. The van der Waals surface area contributed by atoms with E-state index in [2.05, 4.69) is 6.92 Å². The number of rotatable bonds is 3. The van der Waals surface area contributed by atoms with Gasteiger partial charge in [0.15, 0.2) is 0 Å². The molecule has 0 aromatic heterocycles. The van der Waals surface area contributed by atoms with E-state index in [1.54, 1.807) is 0 Å². The third kappa shape index (κ3) is 2.30. The fourth-order valence-electron chi connectivity index (χ4n) is 2.92. The predicted octanol–water partition coefficient (Wildman–Crippen LogP) is 2.58. The fourth-order valence-corrected chi connectivity index (χ4v) is 2.92. The molecular formula is C13H23BO4. The van der Waals surface area contributed by atoms with E-state index in [0.29, 0.717) is 0 Å². The van der Waals surface area contributed by atoms with Gasteiger partial charge in [0.1, 0.15) is 0 Å². The molecule has 1 N–H and O–H groups in total. The molecule has 2 aliphatic rings. The van der Waals surface area contributed by atoms with Crippen molar-refractivity contribution in [1.29, 1.82) is 0 Å². The van der Waals surface area contributed by atoms with Crippen LogP contribution in [-0.2, 0) is 14.1 Å². The van der Waals surface area contributed by atoms with Crippen molar-refractivity contribution in [1.82, 2.24) is 0 Å². The van der Waals surface area contributed by atoms with Gasteiger partial charge in [-0.2, -0.15) is 0 Å². The highest BCUT2D eigenvalue weighted by Crippen LogP contribution is 2.51. The largest absolute Gasteiger partial charge is 0.481 e. The zero-order valence-corrected chi connectivity index (χ0v) is 11.9. The van der Waals surface area contributed by atoms with E-state index in [4.69, 9.17) is 14.4 Å². The van der Waals surface area contributed by atoms with Gasteiger partial charge in [-0.1, -0.05) is 6.92 Å². The number of carboxylic acids is 1. The minimum Gasteiger partial charge on any atom is -0.481 e. The third-order valence-corrected chi connectivity index (χ3v) is 4.79. The molecule has 5 heteroatoms. The van der Waals surface area contributed by atoms with Gasteiger partial charge in [0.05, 0.1) is 17.1 Å². The van der Waals surface area contributed by atoms with Crippen molar-refractivity contribution >= 4 is 13.1 Å². The van der Waals surface area contributed by atoms with Crippen molar-refractivity contribution in [3.63, 3.8) is 0 Å². The van der Waals surface area contributed by atoms with Gasteiger partial charge in [-0.3, -0.25) is 4.79 Å². The van der Waals surface area contributed by atoms with Crippen molar-refractivity contribution in [2.45, 2.75) is 65.0 Å². The molecule has 4 nitrogen and oxygen atoms in total. The summed E-state index contributed by atoms with van der Waals surface area (Å²) in [6.45, 7) is 10.3. The quantitative estimate of drug-likeness (QED) is 0.786. The van der Waals surface area contributed by atoms with Gasteiger partial charge in [-0.15, -0.1) is 0 Å². The summed E-state index contributed by atoms with van der Waals surface area (Å²) in [5.41, 5.74) is -0.557. The molecule has 0 amide bonds. The van der Waals surface area contributed by atoms with Crippen LogP contribution < -0.4 is 0 Å². The smallest absolute Gasteiger partial charge is 0.458 e. The van der Waals surface area contributed by atoms with Crippen LogP contribution in [0.1, 0.15) is 47.5 Å². The highest BCUT2D eigenvalue weighted by molar-refractivity contribution is 6.45. The van der Waals surface area contributed by atoms with Crippen LogP contribution in [0, 0.1) is 11.3 Å². The van der Waals surface area contributed by atoms with Gasteiger partial charge in [0.25, 0.3) is 0 Å². The second-order valence-electron chi connectivity index (χ2n) is 7.14. The summed E-state index contributed by atoms with van der Waals surface area (Å²) in [6, 6.07) is 0. The minimum atomic E-state index is -0.679. The van der Waals surface area contributed by atoms with Gasteiger partial charge in [0.2, 0.25) is 0 Å². The van der Waals surface area contributed by atoms with Gasteiger partial charge >= 0.3 is 13.1 Å². The third-order valence-electron chi connectivity index (χ3n) is 4.79. The Kier molecular flexibility index (Phi) is 3.06. The van der Waals surface area contributed by atoms with Crippen LogP contribution >= 0.6 is 0 Å². The van der Waals surface area contributed by atoms with Crippen molar-refractivity contribution in [3.8, 4) is 0 Å². The highest BCUT2D eigenvalue weighted by Gasteiger charge is 2.55. The van der Waals surface area contributed by atoms with E-state index in [9.17, 15) is 4.79 Å². The van der Waals surface area contributed by atoms with Crippen LogP contribution in [-0.4, -0.2) is 29.4 Å². The van der Waals surface area contributed by atoms with Crippen LogP contribution in [0.5, 0.6) is 0 Å². The molecule has 0 aromatic rings. The number of hydrogen-bond acceptors (Lipinski definition) is 3. The maximum atomic E-state index is 10.9. The first kappa shape index (κ1) is 13.9. The van der Waals surface area contributed by atoms with E-state index < -0.39 is 5.97 Å². The van der Waals surface area contributed by atoms with E-state index in [0.717, 1.165) is 19.2 Å². The number of hydrogen-bond donors (Lipinski definition) is 1.